The van der Waals surface area contributed by atoms with Crippen molar-refractivity contribution in [1.29, 1.82) is 0 Å². The molecule has 2 heterocycles. The smallest absolute Gasteiger partial charge is 0.328 e. The second-order valence-corrected chi connectivity index (χ2v) is 4.70. The van der Waals surface area contributed by atoms with Gasteiger partial charge >= 0.3 is 6.03 Å². The van der Waals surface area contributed by atoms with Gasteiger partial charge in [-0.2, -0.15) is 0 Å². The normalized spacial score (nSPS) is 18.4. The van der Waals surface area contributed by atoms with Crippen molar-refractivity contribution >= 4 is 49.9 Å². The van der Waals surface area contributed by atoms with Crippen molar-refractivity contribution < 1.29 is 14.0 Å². The van der Waals surface area contributed by atoms with E-state index in [1.165, 1.54) is 13.1 Å². The summed E-state index contributed by atoms with van der Waals surface area (Å²) in [7, 11) is 1.41. The van der Waals surface area contributed by atoms with Gasteiger partial charge in [-0.1, -0.05) is 0 Å². The zero-order chi connectivity index (χ0) is 11.9. The Bertz CT molecular complexity index is 487. The molecule has 0 atom stereocenters. The number of urea groups is 1. The third-order valence-electron chi connectivity index (χ3n) is 2.03. The quantitative estimate of drug-likeness (QED) is 0.625. The van der Waals surface area contributed by atoms with E-state index in [0.717, 1.165) is 9.37 Å². The highest BCUT2D eigenvalue weighted by atomic mass is 79.9. The van der Waals surface area contributed by atoms with Gasteiger partial charge in [-0.05, 0) is 37.9 Å². The van der Waals surface area contributed by atoms with E-state index in [2.05, 4.69) is 37.2 Å². The fraction of sp³-hybridized carbons (Fsp3) is 0.111. The number of nitrogens with one attached hydrogen (secondary N) is 1. The molecule has 2 rings (SSSR count). The van der Waals surface area contributed by atoms with Gasteiger partial charge in [0.15, 0.2) is 4.67 Å². The predicted octanol–water partition coefficient (Wildman–Crippen LogP) is 2.33. The molecule has 1 aliphatic heterocycles. The lowest BCUT2D eigenvalue weighted by atomic mass is 10.3. The standard InChI is InChI=1S/C9H6Br2N2O3/c1-13-8(14)6(12-9(13)15)3-4-2-5(10)7(11)16-4/h2-3H,1H3,(H,12,15)/b6-3+. The first-order valence-corrected chi connectivity index (χ1v) is 5.83. The molecule has 1 aliphatic rings. The molecule has 1 fully saturated rings. The summed E-state index contributed by atoms with van der Waals surface area (Å²) < 4.78 is 6.54. The molecule has 3 amide bonds. The van der Waals surface area contributed by atoms with E-state index in [-0.39, 0.29) is 11.6 Å². The number of nitrogens with zero attached hydrogens (tertiary/aromatic N) is 1. The summed E-state index contributed by atoms with van der Waals surface area (Å²) in [6.07, 6.45) is 1.47. The molecule has 0 radical (unpaired) electrons. The third kappa shape index (κ3) is 1.92. The second kappa shape index (κ2) is 4.06. The van der Waals surface area contributed by atoms with Crippen molar-refractivity contribution in [3.05, 3.63) is 26.7 Å². The van der Waals surface area contributed by atoms with Gasteiger partial charge < -0.3 is 9.73 Å². The largest absolute Gasteiger partial charge is 0.449 e. The molecule has 5 nitrogen and oxygen atoms in total. The van der Waals surface area contributed by atoms with E-state index in [1.54, 1.807) is 6.07 Å². The molecule has 0 spiro atoms. The van der Waals surface area contributed by atoms with Gasteiger partial charge in [-0.15, -0.1) is 0 Å². The Morgan fingerprint density at radius 2 is 2.12 bits per heavy atom. The topological polar surface area (TPSA) is 62.6 Å². The lowest BCUT2D eigenvalue weighted by Gasteiger charge is -1.99. The van der Waals surface area contributed by atoms with E-state index in [9.17, 15) is 9.59 Å². The maximum atomic E-state index is 11.5. The van der Waals surface area contributed by atoms with Gasteiger partial charge in [0.1, 0.15) is 11.5 Å². The van der Waals surface area contributed by atoms with Crippen LogP contribution in [0.25, 0.3) is 6.08 Å². The SMILES string of the molecule is CN1C(=O)N/C(=C/c2cc(Br)c(Br)o2)C1=O. The molecule has 0 unspecified atom stereocenters. The number of halogens is 2. The van der Waals surface area contributed by atoms with Gasteiger partial charge in [0.2, 0.25) is 0 Å². The lowest BCUT2D eigenvalue weighted by molar-refractivity contribution is -0.121. The van der Waals surface area contributed by atoms with Crippen LogP contribution in [-0.2, 0) is 4.79 Å². The van der Waals surface area contributed by atoms with Crippen LogP contribution in [-0.4, -0.2) is 23.9 Å². The molecular weight excluding hydrogens is 344 g/mol. The lowest BCUT2D eigenvalue weighted by Crippen LogP contribution is -2.25. The van der Waals surface area contributed by atoms with Gasteiger partial charge in [0, 0.05) is 13.1 Å². The summed E-state index contributed by atoms with van der Waals surface area (Å²) >= 11 is 6.43. The zero-order valence-electron chi connectivity index (χ0n) is 8.08. The number of hydrogen-bond donors (Lipinski definition) is 1. The first-order valence-electron chi connectivity index (χ1n) is 4.24. The zero-order valence-corrected chi connectivity index (χ0v) is 11.3. The van der Waals surface area contributed by atoms with Crippen molar-refractivity contribution in [3.63, 3.8) is 0 Å². The van der Waals surface area contributed by atoms with Crippen LogP contribution in [0.2, 0.25) is 0 Å². The average Bonchev–Trinajstić information content (AvgIpc) is 2.64. The number of amides is 3. The molecule has 0 saturated carbocycles. The summed E-state index contributed by atoms with van der Waals surface area (Å²) in [4.78, 5) is 23.7. The highest BCUT2D eigenvalue weighted by molar-refractivity contribution is 9.13. The third-order valence-corrected chi connectivity index (χ3v) is 3.74. The van der Waals surface area contributed by atoms with E-state index in [4.69, 9.17) is 4.42 Å². The number of imide groups is 1. The van der Waals surface area contributed by atoms with Crippen molar-refractivity contribution in [2.75, 3.05) is 7.05 Å². The van der Waals surface area contributed by atoms with Crippen LogP contribution >= 0.6 is 31.9 Å². The van der Waals surface area contributed by atoms with Crippen LogP contribution in [0.1, 0.15) is 5.76 Å². The molecule has 84 valence electrons. The van der Waals surface area contributed by atoms with E-state index in [0.29, 0.717) is 10.4 Å². The Morgan fingerprint density at radius 3 is 2.56 bits per heavy atom. The predicted molar refractivity (Wildman–Crippen MR) is 63.4 cm³/mol. The number of hydrogen-bond acceptors (Lipinski definition) is 3. The number of rotatable bonds is 1. The van der Waals surface area contributed by atoms with Gasteiger partial charge in [-0.3, -0.25) is 9.69 Å². The summed E-state index contributed by atoms with van der Waals surface area (Å²) in [6.45, 7) is 0. The second-order valence-electron chi connectivity index (χ2n) is 3.12. The maximum absolute atomic E-state index is 11.5. The summed E-state index contributed by atoms with van der Waals surface area (Å²) in [5.41, 5.74) is 0.196. The van der Waals surface area contributed by atoms with Crippen LogP contribution in [0.15, 0.2) is 25.3 Å². The van der Waals surface area contributed by atoms with Gasteiger partial charge in [0.25, 0.3) is 5.91 Å². The van der Waals surface area contributed by atoms with Crippen molar-refractivity contribution in [3.8, 4) is 0 Å². The van der Waals surface area contributed by atoms with E-state index in [1.807, 2.05) is 0 Å². The van der Waals surface area contributed by atoms with Crippen LogP contribution in [0.4, 0.5) is 4.79 Å². The Labute approximate surface area is 108 Å². The number of furan rings is 1. The van der Waals surface area contributed by atoms with Gasteiger partial charge in [-0.25, -0.2) is 4.79 Å². The average molecular weight is 350 g/mol. The van der Waals surface area contributed by atoms with Crippen LogP contribution in [0.5, 0.6) is 0 Å². The molecule has 1 N–H and O–H groups in total. The molecule has 0 aliphatic carbocycles. The molecule has 1 aromatic heterocycles. The molecule has 0 bridgehead atoms. The van der Waals surface area contributed by atoms with E-state index >= 15 is 0 Å². The minimum absolute atomic E-state index is 0.196. The molecule has 7 heteroatoms. The van der Waals surface area contributed by atoms with Crippen molar-refractivity contribution in [1.82, 2.24) is 10.2 Å². The minimum atomic E-state index is -0.444. The maximum Gasteiger partial charge on any atom is 0.328 e. The van der Waals surface area contributed by atoms with Crippen molar-refractivity contribution in [2.45, 2.75) is 0 Å². The Morgan fingerprint density at radius 1 is 1.44 bits per heavy atom. The van der Waals surface area contributed by atoms with E-state index < -0.39 is 6.03 Å². The molecule has 1 saturated heterocycles. The fourth-order valence-electron chi connectivity index (χ4n) is 1.20. The fourth-order valence-corrected chi connectivity index (χ4v) is 1.81. The Hall–Kier alpha value is -1.08. The molecular formula is C9H6Br2N2O3. The summed E-state index contributed by atoms with van der Waals surface area (Å²) in [5, 5.41) is 2.44. The number of carbonyl (C=O) groups excluding carboxylic acids is 2. The first kappa shape index (κ1) is 11.4. The molecule has 16 heavy (non-hydrogen) atoms. The van der Waals surface area contributed by atoms with Crippen LogP contribution < -0.4 is 5.32 Å². The number of likely N-dealkylation sites (N-methyl/N-ethyl adjacent to an activating group) is 1. The Kier molecular flexibility index (Phi) is 2.90. The first-order chi connectivity index (χ1) is 7.49. The number of carbonyl (C=O) groups is 2. The van der Waals surface area contributed by atoms with Crippen molar-refractivity contribution in [2.24, 2.45) is 0 Å². The van der Waals surface area contributed by atoms with Crippen LogP contribution in [0.3, 0.4) is 0 Å². The Balaban J connectivity index is 2.32. The highest BCUT2D eigenvalue weighted by Crippen LogP contribution is 2.28. The van der Waals surface area contributed by atoms with Crippen LogP contribution in [0, 0.1) is 0 Å². The summed E-state index contributed by atoms with van der Waals surface area (Å²) in [5.74, 6) is 0.0892. The minimum Gasteiger partial charge on any atom is -0.449 e. The monoisotopic (exact) mass is 348 g/mol. The molecule has 1 aromatic rings. The molecule has 0 aromatic carbocycles. The summed E-state index contributed by atoms with van der Waals surface area (Å²) in [6, 6.07) is 1.25. The highest BCUT2D eigenvalue weighted by Gasteiger charge is 2.30. The van der Waals surface area contributed by atoms with Gasteiger partial charge in [0.05, 0.1) is 4.47 Å².